The van der Waals surface area contributed by atoms with E-state index in [-0.39, 0.29) is 12.3 Å². The summed E-state index contributed by atoms with van der Waals surface area (Å²) in [6.45, 7) is 1.94. The van der Waals surface area contributed by atoms with Crippen LogP contribution in [-0.4, -0.2) is 22.0 Å². The van der Waals surface area contributed by atoms with Crippen LogP contribution in [0.5, 0.6) is 0 Å². The molecule has 23 heavy (non-hydrogen) atoms. The summed E-state index contributed by atoms with van der Waals surface area (Å²) in [5.74, 6) is -0.904. The maximum atomic E-state index is 12.1. The molecule has 5 nitrogen and oxygen atoms in total. The Kier molecular flexibility index (Phi) is 4.02. The first-order chi connectivity index (χ1) is 11.0. The summed E-state index contributed by atoms with van der Waals surface area (Å²) in [6, 6.07) is 9.57. The molecule has 0 bridgehead atoms. The van der Waals surface area contributed by atoms with Gasteiger partial charge >= 0.3 is 5.97 Å². The van der Waals surface area contributed by atoms with Crippen molar-refractivity contribution in [2.75, 3.05) is 5.32 Å². The molecule has 2 aromatic rings. The number of H-pyrrole nitrogens is 1. The first kappa shape index (κ1) is 15.1. The lowest BCUT2D eigenvalue weighted by Gasteiger charge is -2.01. The summed E-state index contributed by atoms with van der Waals surface area (Å²) in [5, 5.41) is 11.7. The van der Waals surface area contributed by atoms with E-state index in [1.54, 1.807) is 0 Å². The van der Waals surface area contributed by atoms with Gasteiger partial charge in [0.2, 0.25) is 0 Å². The summed E-state index contributed by atoms with van der Waals surface area (Å²) in [6.07, 6.45) is 3.06. The SMILES string of the molecule is Cc1cc(CCC(=O)O)c([14CH2]/C=C2\C(=O)Nc3ccccc32)[nH]1. The van der Waals surface area contributed by atoms with E-state index in [2.05, 4.69) is 10.3 Å². The quantitative estimate of drug-likeness (QED) is 0.742. The van der Waals surface area contributed by atoms with E-state index in [1.165, 1.54) is 0 Å². The number of carboxylic acid groups (broad SMARTS) is 1. The van der Waals surface area contributed by atoms with E-state index in [0.29, 0.717) is 18.4 Å². The number of nitrogens with one attached hydrogen (secondary N) is 2. The third kappa shape index (κ3) is 3.18. The van der Waals surface area contributed by atoms with E-state index in [4.69, 9.17) is 5.11 Å². The standard InChI is InChI=1S/C18H18N2O3/c1-11-10-12(6-9-17(21)22)15(19-11)8-7-14-13-4-2-3-5-16(13)20-18(14)23/h2-5,7,10,19H,6,8-9H2,1H3,(H,20,23)(H,21,22)/b14-7-/i8+2. The molecule has 0 fully saturated rings. The molecule has 0 unspecified atom stereocenters. The molecule has 1 amide bonds. The highest BCUT2D eigenvalue weighted by Gasteiger charge is 2.23. The number of anilines is 1. The molecule has 118 valence electrons. The van der Waals surface area contributed by atoms with Crippen LogP contribution in [0.3, 0.4) is 0 Å². The van der Waals surface area contributed by atoms with Crippen molar-refractivity contribution in [2.24, 2.45) is 0 Å². The van der Waals surface area contributed by atoms with Gasteiger partial charge in [0.25, 0.3) is 5.91 Å². The Bertz CT molecular complexity index is 802. The number of para-hydroxylation sites is 1. The van der Waals surface area contributed by atoms with Gasteiger partial charge in [-0.25, -0.2) is 0 Å². The van der Waals surface area contributed by atoms with Gasteiger partial charge in [-0.2, -0.15) is 0 Å². The molecule has 1 aliphatic rings. The fourth-order valence-corrected chi connectivity index (χ4v) is 2.90. The Hall–Kier alpha value is -2.82. The van der Waals surface area contributed by atoms with Crippen LogP contribution >= 0.6 is 0 Å². The molecule has 0 saturated carbocycles. The van der Waals surface area contributed by atoms with Crippen molar-refractivity contribution in [3.8, 4) is 0 Å². The van der Waals surface area contributed by atoms with Crippen molar-refractivity contribution in [3.05, 3.63) is 58.9 Å². The van der Waals surface area contributed by atoms with Crippen LogP contribution in [0.25, 0.3) is 5.57 Å². The first-order valence-corrected chi connectivity index (χ1v) is 7.54. The normalized spacial score (nSPS) is 14.8. The van der Waals surface area contributed by atoms with Crippen molar-refractivity contribution < 1.29 is 14.7 Å². The number of benzene rings is 1. The van der Waals surface area contributed by atoms with Gasteiger partial charge in [-0.05, 0) is 31.0 Å². The summed E-state index contributed by atoms with van der Waals surface area (Å²) < 4.78 is 0. The molecule has 0 aliphatic carbocycles. The van der Waals surface area contributed by atoms with Gasteiger partial charge in [0.15, 0.2) is 0 Å². The Morgan fingerprint density at radius 3 is 2.91 bits per heavy atom. The monoisotopic (exact) mass is 312 g/mol. The molecule has 1 aliphatic heterocycles. The smallest absolute Gasteiger partial charge is 0.303 e. The van der Waals surface area contributed by atoms with Gasteiger partial charge in [-0.15, -0.1) is 0 Å². The summed E-state index contributed by atoms with van der Waals surface area (Å²) in [4.78, 5) is 26.1. The second-order valence-corrected chi connectivity index (χ2v) is 5.67. The Balaban J connectivity index is 1.83. The van der Waals surface area contributed by atoms with Crippen molar-refractivity contribution >= 4 is 23.1 Å². The van der Waals surface area contributed by atoms with Crippen LogP contribution in [-0.2, 0) is 22.4 Å². The van der Waals surface area contributed by atoms with E-state index in [9.17, 15) is 9.59 Å². The second kappa shape index (κ2) is 6.12. The molecular weight excluding hydrogens is 294 g/mol. The van der Waals surface area contributed by atoms with Crippen molar-refractivity contribution in [3.63, 3.8) is 0 Å². The molecule has 2 heterocycles. The van der Waals surface area contributed by atoms with E-state index >= 15 is 0 Å². The zero-order valence-electron chi connectivity index (χ0n) is 12.8. The molecule has 0 radical (unpaired) electrons. The number of hydrogen-bond acceptors (Lipinski definition) is 2. The zero-order chi connectivity index (χ0) is 16.4. The Morgan fingerprint density at radius 2 is 2.13 bits per heavy atom. The Labute approximate surface area is 134 Å². The molecule has 5 heteroatoms. The van der Waals surface area contributed by atoms with Gasteiger partial charge in [0.05, 0.1) is 0 Å². The third-order valence-electron chi connectivity index (χ3n) is 3.95. The average Bonchev–Trinajstić information content (AvgIpc) is 3.02. The molecule has 0 spiro atoms. The number of aliphatic carboxylic acids is 1. The number of aryl methyl sites for hydroxylation is 2. The number of rotatable bonds is 5. The van der Waals surface area contributed by atoms with Crippen LogP contribution in [0.4, 0.5) is 5.69 Å². The van der Waals surface area contributed by atoms with Crippen LogP contribution in [0, 0.1) is 6.92 Å². The number of carbonyl (C=O) groups excluding carboxylic acids is 1. The maximum Gasteiger partial charge on any atom is 0.303 e. The number of carbonyl (C=O) groups is 2. The predicted molar refractivity (Wildman–Crippen MR) is 88.2 cm³/mol. The molecule has 3 rings (SSSR count). The molecule has 0 saturated heterocycles. The summed E-state index contributed by atoms with van der Waals surface area (Å²) >= 11 is 0. The highest BCUT2D eigenvalue weighted by Crippen LogP contribution is 2.31. The molecule has 3 N–H and O–H groups in total. The van der Waals surface area contributed by atoms with Crippen LogP contribution in [0.1, 0.15) is 28.9 Å². The maximum absolute atomic E-state index is 12.1. The van der Waals surface area contributed by atoms with Crippen LogP contribution < -0.4 is 5.32 Å². The third-order valence-corrected chi connectivity index (χ3v) is 3.95. The van der Waals surface area contributed by atoms with Crippen LogP contribution in [0.2, 0.25) is 0 Å². The zero-order valence-corrected chi connectivity index (χ0v) is 12.8. The topological polar surface area (TPSA) is 82.2 Å². The number of amides is 1. The molecule has 1 aromatic carbocycles. The minimum atomic E-state index is -0.808. The second-order valence-electron chi connectivity index (χ2n) is 5.67. The van der Waals surface area contributed by atoms with Gasteiger partial charge in [-0.1, -0.05) is 24.3 Å². The number of carboxylic acids is 1. The lowest BCUT2D eigenvalue weighted by molar-refractivity contribution is -0.137. The fourth-order valence-electron chi connectivity index (χ4n) is 2.90. The lowest BCUT2D eigenvalue weighted by Crippen LogP contribution is -2.04. The highest BCUT2D eigenvalue weighted by atomic mass is 16.4. The van der Waals surface area contributed by atoms with Crippen LogP contribution in [0.15, 0.2) is 36.4 Å². The van der Waals surface area contributed by atoms with Crippen molar-refractivity contribution in [1.82, 2.24) is 4.98 Å². The lowest BCUT2D eigenvalue weighted by atomic mass is 10.1. The minimum Gasteiger partial charge on any atom is -0.481 e. The van der Waals surface area contributed by atoms with E-state index < -0.39 is 5.97 Å². The number of aromatic amines is 1. The van der Waals surface area contributed by atoms with Gasteiger partial charge in [-0.3, -0.25) is 9.59 Å². The first-order valence-electron chi connectivity index (χ1n) is 7.54. The van der Waals surface area contributed by atoms with Gasteiger partial charge < -0.3 is 15.4 Å². The fraction of sp³-hybridized carbons (Fsp3) is 0.222. The molecule has 1 aromatic heterocycles. The predicted octanol–water partition coefficient (Wildman–Crippen LogP) is 2.92. The Morgan fingerprint density at radius 1 is 1.35 bits per heavy atom. The average molecular weight is 312 g/mol. The summed E-state index contributed by atoms with van der Waals surface area (Å²) in [7, 11) is 0. The van der Waals surface area contributed by atoms with Crippen molar-refractivity contribution in [1.29, 1.82) is 0 Å². The van der Waals surface area contributed by atoms with Crippen molar-refractivity contribution in [2.45, 2.75) is 26.2 Å². The number of allylic oxidation sites excluding steroid dienone is 1. The summed E-state index contributed by atoms with van der Waals surface area (Å²) in [5.41, 5.74) is 5.36. The number of hydrogen-bond donors (Lipinski definition) is 3. The van der Waals surface area contributed by atoms with Gasteiger partial charge in [0.1, 0.15) is 0 Å². The number of aromatic nitrogens is 1. The van der Waals surface area contributed by atoms with Gasteiger partial charge in [0, 0.05) is 41.1 Å². The molecular formula is C18H18N2O3. The largest absolute Gasteiger partial charge is 0.481 e. The van der Waals surface area contributed by atoms with E-state index in [0.717, 1.165) is 28.2 Å². The number of fused-ring (bicyclic) bond motifs is 1. The van der Waals surface area contributed by atoms with E-state index in [1.807, 2.05) is 43.3 Å². The highest BCUT2D eigenvalue weighted by molar-refractivity contribution is 6.31. The minimum absolute atomic E-state index is 0.0958. The molecule has 0 atom stereocenters.